The Balaban J connectivity index is 1.76. The van der Waals surface area contributed by atoms with Gasteiger partial charge in [0.05, 0.1) is 18.0 Å². The van der Waals surface area contributed by atoms with Crippen molar-refractivity contribution in [2.45, 2.75) is 51.9 Å². The number of unbranched alkanes of at least 4 members (excludes halogenated alkanes) is 2. The van der Waals surface area contributed by atoms with Crippen molar-refractivity contribution in [2.75, 3.05) is 30.2 Å². The molecule has 1 aliphatic heterocycles. The van der Waals surface area contributed by atoms with Crippen molar-refractivity contribution in [3.05, 3.63) is 24.3 Å². The zero-order valence-electron chi connectivity index (χ0n) is 15.3. The van der Waals surface area contributed by atoms with E-state index >= 15 is 0 Å². The number of para-hydroxylation sites is 2. The van der Waals surface area contributed by atoms with Crippen LogP contribution in [0.4, 0.5) is 5.69 Å². The van der Waals surface area contributed by atoms with Crippen molar-refractivity contribution in [1.29, 1.82) is 0 Å². The summed E-state index contributed by atoms with van der Waals surface area (Å²) < 4.78 is 32.7. The Bertz CT molecular complexity index is 598. The summed E-state index contributed by atoms with van der Waals surface area (Å²) in [7, 11) is -3.30. The van der Waals surface area contributed by atoms with Crippen molar-refractivity contribution in [2.24, 2.45) is 5.92 Å². The van der Waals surface area contributed by atoms with Crippen LogP contribution in [0.25, 0.3) is 0 Å². The Morgan fingerprint density at radius 2 is 1.92 bits per heavy atom. The molecule has 1 aromatic rings. The Morgan fingerprint density at radius 1 is 1.16 bits per heavy atom. The fourth-order valence-electron chi connectivity index (χ4n) is 3.12. The Kier molecular flexibility index (Phi) is 8.55. The quantitative estimate of drug-likeness (QED) is 0.583. The standard InChI is InChI=1S/C19H32N2O3S/c1-2-3-16-25(22,23)21-18-9-4-5-10-19(18)24-15-7-6-8-17-11-13-20-14-12-17/h4-5,9-10,17,20-21H,2-3,6-8,11-16H2,1H3. The van der Waals surface area contributed by atoms with E-state index in [-0.39, 0.29) is 5.75 Å². The predicted molar refractivity (Wildman–Crippen MR) is 104 cm³/mol. The molecule has 0 radical (unpaired) electrons. The van der Waals surface area contributed by atoms with Crippen LogP contribution in [0.3, 0.4) is 0 Å². The molecule has 6 heteroatoms. The molecule has 0 bridgehead atoms. The van der Waals surface area contributed by atoms with E-state index in [0.717, 1.165) is 38.3 Å². The van der Waals surface area contributed by atoms with Crippen LogP contribution in [-0.2, 0) is 10.0 Å². The fraction of sp³-hybridized carbons (Fsp3) is 0.684. The van der Waals surface area contributed by atoms with Crippen LogP contribution in [0.2, 0.25) is 0 Å². The first-order chi connectivity index (χ1) is 12.1. The Morgan fingerprint density at radius 3 is 2.68 bits per heavy atom. The number of ether oxygens (including phenoxy) is 1. The second-order valence-electron chi connectivity index (χ2n) is 6.81. The molecule has 0 spiro atoms. The molecule has 0 unspecified atom stereocenters. The van der Waals surface area contributed by atoms with E-state index in [9.17, 15) is 8.42 Å². The smallest absolute Gasteiger partial charge is 0.232 e. The number of hydrogen-bond acceptors (Lipinski definition) is 4. The van der Waals surface area contributed by atoms with E-state index in [0.29, 0.717) is 24.5 Å². The predicted octanol–water partition coefficient (Wildman–Crippen LogP) is 3.78. The van der Waals surface area contributed by atoms with E-state index in [1.807, 2.05) is 25.1 Å². The highest BCUT2D eigenvalue weighted by atomic mass is 32.2. The third-order valence-corrected chi connectivity index (χ3v) is 6.00. The van der Waals surface area contributed by atoms with Crippen LogP contribution in [0.15, 0.2) is 24.3 Å². The van der Waals surface area contributed by atoms with Crippen molar-refractivity contribution in [3.63, 3.8) is 0 Å². The molecule has 1 aromatic carbocycles. The van der Waals surface area contributed by atoms with Crippen LogP contribution in [0.1, 0.15) is 51.9 Å². The van der Waals surface area contributed by atoms with Gasteiger partial charge in [0.2, 0.25) is 10.0 Å². The monoisotopic (exact) mass is 368 g/mol. The first-order valence-corrected chi connectivity index (χ1v) is 11.2. The van der Waals surface area contributed by atoms with Crippen LogP contribution in [-0.4, -0.2) is 33.9 Å². The molecule has 0 aromatic heterocycles. The molecule has 1 fully saturated rings. The SMILES string of the molecule is CCCCS(=O)(=O)Nc1ccccc1OCCCCC1CCNCC1. The average molecular weight is 369 g/mol. The molecule has 2 N–H and O–H groups in total. The lowest BCUT2D eigenvalue weighted by atomic mass is 9.93. The Hall–Kier alpha value is -1.27. The number of benzene rings is 1. The highest BCUT2D eigenvalue weighted by Gasteiger charge is 2.14. The maximum Gasteiger partial charge on any atom is 0.232 e. The molecule has 1 saturated heterocycles. The van der Waals surface area contributed by atoms with E-state index in [1.165, 1.54) is 19.3 Å². The summed E-state index contributed by atoms with van der Waals surface area (Å²) in [6.45, 7) is 4.90. The van der Waals surface area contributed by atoms with Crippen LogP contribution >= 0.6 is 0 Å². The molecule has 1 aliphatic rings. The largest absolute Gasteiger partial charge is 0.491 e. The normalized spacial score (nSPS) is 15.9. The van der Waals surface area contributed by atoms with Gasteiger partial charge in [-0.3, -0.25) is 4.72 Å². The van der Waals surface area contributed by atoms with Crippen LogP contribution in [0.5, 0.6) is 5.75 Å². The molecule has 142 valence electrons. The number of piperidine rings is 1. The lowest BCUT2D eigenvalue weighted by Crippen LogP contribution is -2.27. The van der Waals surface area contributed by atoms with E-state index in [1.54, 1.807) is 6.07 Å². The number of sulfonamides is 1. The molecule has 5 nitrogen and oxygen atoms in total. The minimum atomic E-state index is -3.30. The molecular formula is C19H32N2O3S. The minimum Gasteiger partial charge on any atom is -0.491 e. The van der Waals surface area contributed by atoms with E-state index < -0.39 is 10.0 Å². The highest BCUT2D eigenvalue weighted by molar-refractivity contribution is 7.92. The molecular weight excluding hydrogens is 336 g/mol. The number of rotatable bonds is 11. The van der Waals surface area contributed by atoms with Gasteiger partial charge in [-0.05, 0) is 63.2 Å². The number of hydrogen-bond donors (Lipinski definition) is 2. The molecule has 0 atom stereocenters. The molecule has 2 rings (SSSR count). The summed E-state index contributed by atoms with van der Waals surface area (Å²) in [6.07, 6.45) is 7.50. The van der Waals surface area contributed by atoms with Gasteiger partial charge in [-0.25, -0.2) is 8.42 Å². The topological polar surface area (TPSA) is 67.4 Å². The van der Waals surface area contributed by atoms with E-state index in [2.05, 4.69) is 10.0 Å². The third-order valence-electron chi connectivity index (χ3n) is 4.64. The fourth-order valence-corrected chi connectivity index (χ4v) is 4.39. The van der Waals surface area contributed by atoms with Gasteiger partial charge in [-0.1, -0.05) is 31.9 Å². The highest BCUT2D eigenvalue weighted by Crippen LogP contribution is 2.26. The van der Waals surface area contributed by atoms with Crippen LogP contribution in [0, 0.1) is 5.92 Å². The zero-order chi connectivity index (χ0) is 18.0. The lowest BCUT2D eigenvalue weighted by molar-refractivity contribution is 0.288. The first-order valence-electron chi connectivity index (χ1n) is 9.54. The molecule has 0 aliphatic carbocycles. The van der Waals surface area contributed by atoms with Crippen molar-refractivity contribution in [1.82, 2.24) is 5.32 Å². The summed E-state index contributed by atoms with van der Waals surface area (Å²) >= 11 is 0. The maximum atomic E-state index is 12.1. The second kappa shape index (κ2) is 10.7. The summed E-state index contributed by atoms with van der Waals surface area (Å²) in [5, 5.41) is 3.39. The van der Waals surface area contributed by atoms with Crippen molar-refractivity contribution < 1.29 is 13.2 Å². The summed E-state index contributed by atoms with van der Waals surface area (Å²) in [5.74, 6) is 1.61. The van der Waals surface area contributed by atoms with Crippen molar-refractivity contribution >= 4 is 15.7 Å². The van der Waals surface area contributed by atoms with Gasteiger partial charge < -0.3 is 10.1 Å². The summed E-state index contributed by atoms with van der Waals surface area (Å²) in [5.41, 5.74) is 0.539. The minimum absolute atomic E-state index is 0.147. The lowest BCUT2D eigenvalue weighted by Gasteiger charge is -2.22. The van der Waals surface area contributed by atoms with Gasteiger partial charge >= 0.3 is 0 Å². The molecule has 25 heavy (non-hydrogen) atoms. The molecule has 0 amide bonds. The van der Waals surface area contributed by atoms with E-state index in [4.69, 9.17) is 4.74 Å². The number of nitrogens with one attached hydrogen (secondary N) is 2. The summed E-state index contributed by atoms with van der Waals surface area (Å²) in [6, 6.07) is 7.27. The molecule has 1 heterocycles. The maximum absolute atomic E-state index is 12.1. The number of anilines is 1. The first kappa shape index (κ1) is 20.0. The molecule has 0 saturated carbocycles. The van der Waals surface area contributed by atoms with Crippen molar-refractivity contribution in [3.8, 4) is 5.75 Å². The zero-order valence-corrected chi connectivity index (χ0v) is 16.1. The van der Waals surface area contributed by atoms with Gasteiger partial charge in [0.15, 0.2) is 0 Å². The van der Waals surface area contributed by atoms with Gasteiger partial charge in [-0.2, -0.15) is 0 Å². The van der Waals surface area contributed by atoms with Crippen LogP contribution < -0.4 is 14.8 Å². The van der Waals surface area contributed by atoms with Gasteiger partial charge in [0, 0.05) is 0 Å². The van der Waals surface area contributed by atoms with Gasteiger partial charge in [0.1, 0.15) is 5.75 Å². The Labute approximate surface area is 152 Å². The van der Waals surface area contributed by atoms with Gasteiger partial charge in [-0.15, -0.1) is 0 Å². The van der Waals surface area contributed by atoms with Gasteiger partial charge in [0.25, 0.3) is 0 Å². The average Bonchev–Trinajstić information content (AvgIpc) is 2.62. The second-order valence-corrected chi connectivity index (χ2v) is 8.65. The summed E-state index contributed by atoms with van der Waals surface area (Å²) in [4.78, 5) is 0. The third kappa shape index (κ3) is 7.65.